The van der Waals surface area contributed by atoms with E-state index in [1.807, 2.05) is 20.8 Å². The Kier molecular flexibility index (Phi) is 6.63. The van der Waals surface area contributed by atoms with Gasteiger partial charge in [0.2, 0.25) is 0 Å². The third-order valence-electron chi connectivity index (χ3n) is 4.63. The third kappa shape index (κ3) is 5.81. The lowest BCUT2D eigenvalue weighted by Crippen LogP contribution is -2.42. The summed E-state index contributed by atoms with van der Waals surface area (Å²) in [6, 6.07) is 2.94. The van der Waals surface area contributed by atoms with Gasteiger partial charge in [0.15, 0.2) is 0 Å². The molecular formula is C21H29FN2O3. The maximum absolute atomic E-state index is 14.0. The predicted molar refractivity (Wildman–Crippen MR) is 104 cm³/mol. The first-order valence-electron chi connectivity index (χ1n) is 9.29. The van der Waals surface area contributed by atoms with Crippen molar-refractivity contribution in [1.82, 2.24) is 10.2 Å². The molecule has 1 aromatic rings. The summed E-state index contributed by atoms with van der Waals surface area (Å²) in [7, 11) is 0. The molecule has 0 unspecified atom stereocenters. The monoisotopic (exact) mass is 376 g/mol. The van der Waals surface area contributed by atoms with Gasteiger partial charge in [0.25, 0.3) is 5.91 Å². The van der Waals surface area contributed by atoms with Gasteiger partial charge in [-0.15, -0.1) is 0 Å². The van der Waals surface area contributed by atoms with E-state index in [4.69, 9.17) is 4.74 Å². The van der Waals surface area contributed by atoms with Crippen molar-refractivity contribution in [3.63, 3.8) is 0 Å². The Hall–Kier alpha value is -2.37. The van der Waals surface area contributed by atoms with E-state index in [-0.39, 0.29) is 5.91 Å². The minimum atomic E-state index is -0.520. The number of piperidine rings is 1. The van der Waals surface area contributed by atoms with Crippen LogP contribution in [0.2, 0.25) is 0 Å². The number of nitrogens with zero attached hydrogens (tertiary/aromatic N) is 1. The fraction of sp³-hybridized carbons (Fsp3) is 0.524. The summed E-state index contributed by atoms with van der Waals surface area (Å²) in [5, 5.41) is 2.79. The van der Waals surface area contributed by atoms with Gasteiger partial charge >= 0.3 is 6.09 Å². The second-order valence-corrected chi connectivity index (χ2v) is 8.01. The average Bonchev–Trinajstić information content (AvgIpc) is 2.60. The minimum Gasteiger partial charge on any atom is -0.444 e. The highest BCUT2D eigenvalue weighted by atomic mass is 19.1. The summed E-state index contributed by atoms with van der Waals surface area (Å²) < 4.78 is 19.3. The van der Waals surface area contributed by atoms with E-state index in [2.05, 4.69) is 11.9 Å². The van der Waals surface area contributed by atoms with Gasteiger partial charge in [-0.1, -0.05) is 12.7 Å². The normalized spacial score (nSPS) is 15.4. The zero-order valence-corrected chi connectivity index (χ0v) is 16.6. The zero-order chi connectivity index (χ0) is 20.2. The second-order valence-electron chi connectivity index (χ2n) is 8.01. The van der Waals surface area contributed by atoms with Crippen molar-refractivity contribution in [2.75, 3.05) is 19.6 Å². The highest BCUT2D eigenvalue weighted by Crippen LogP contribution is 2.22. The molecule has 0 spiro atoms. The maximum Gasteiger partial charge on any atom is 0.407 e. The summed E-state index contributed by atoms with van der Waals surface area (Å²) >= 11 is 0. The van der Waals surface area contributed by atoms with Gasteiger partial charge in [0.05, 0.1) is 0 Å². The van der Waals surface area contributed by atoms with Crippen molar-refractivity contribution in [1.29, 1.82) is 0 Å². The standard InChI is InChI=1S/C21H29FN2O3/c1-6-16-11-14(2)17(12-18(16)22)19(25)24-9-7-15(8-10-24)13-23-20(26)27-21(3,4)5/h6,11-12,15H,1,7-10,13H2,2-5H3,(H,23,26). The molecule has 5 nitrogen and oxygen atoms in total. The van der Waals surface area contributed by atoms with Gasteiger partial charge in [-0.25, -0.2) is 9.18 Å². The van der Waals surface area contributed by atoms with E-state index in [9.17, 15) is 14.0 Å². The SMILES string of the molecule is C=Cc1cc(C)c(C(=O)N2CCC(CNC(=O)OC(C)(C)C)CC2)cc1F. The Morgan fingerprint density at radius 3 is 2.52 bits per heavy atom. The van der Waals surface area contributed by atoms with Crippen LogP contribution in [0.3, 0.4) is 0 Å². The van der Waals surface area contributed by atoms with Crippen LogP contribution in [0.5, 0.6) is 0 Å². The molecule has 1 aliphatic rings. The molecule has 0 saturated carbocycles. The van der Waals surface area contributed by atoms with E-state index >= 15 is 0 Å². The lowest BCUT2D eigenvalue weighted by atomic mass is 9.95. The average molecular weight is 376 g/mol. The minimum absolute atomic E-state index is 0.152. The number of ether oxygens (including phenoxy) is 1. The van der Waals surface area contributed by atoms with Crippen LogP contribution in [0.4, 0.5) is 9.18 Å². The lowest BCUT2D eigenvalue weighted by molar-refractivity contribution is 0.0500. The number of halogens is 1. The van der Waals surface area contributed by atoms with E-state index in [0.29, 0.717) is 36.7 Å². The number of rotatable bonds is 4. The molecule has 2 rings (SSSR count). The summed E-state index contributed by atoms with van der Waals surface area (Å²) in [6.07, 6.45) is 2.59. The summed E-state index contributed by atoms with van der Waals surface area (Å²) in [6.45, 7) is 12.6. The van der Waals surface area contributed by atoms with Gasteiger partial charge in [-0.2, -0.15) is 0 Å². The molecule has 1 aromatic carbocycles. The van der Waals surface area contributed by atoms with Crippen molar-refractivity contribution in [2.45, 2.75) is 46.1 Å². The molecule has 0 radical (unpaired) electrons. The Bertz CT molecular complexity index is 717. The van der Waals surface area contributed by atoms with Crippen molar-refractivity contribution < 1.29 is 18.7 Å². The number of carbonyl (C=O) groups excluding carboxylic acids is 2. The van der Waals surface area contributed by atoms with Crippen LogP contribution in [-0.4, -0.2) is 42.1 Å². The Morgan fingerprint density at radius 2 is 1.96 bits per heavy atom. The van der Waals surface area contributed by atoms with Gasteiger partial charge in [0.1, 0.15) is 11.4 Å². The molecule has 148 valence electrons. The molecule has 1 saturated heterocycles. The second kappa shape index (κ2) is 8.55. The van der Waals surface area contributed by atoms with Crippen LogP contribution in [0, 0.1) is 18.7 Å². The maximum atomic E-state index is 14.0. The largest absolute Gasteiger partial charge is 0.444 e. The van der Waals surface area contributed by atoms with Crippen molar-refractivity contribution >= 4 is 18.1 Å². The lowest BCUT2D eigenvalue weighted by Gasteiger charge is -2.32. The molecule has 1 fully saturated rings. The van der Waals surface area contributed by atoms with Crippen LogP contribution in [0.25, 0.3) is 6.08 Å². The Labute approximate surface area is 160 Å². The van der Waals surface area contributed by atoms with Gasteiger partial charge < -0.3 is 15.0 Å². The van der Waals surface area contributed by atoms with Gasteiger partial charge in [-0.3, -0.25) is 4.79 Å². The van der Waals surface area contributed by atoms with E-state index in [0.717, 1.165) is 18.4 Å². The van der Waals surface area contributed by atoms with Crippen molar-refractivity contribution in [3.8, 4) is 0 Å². The van der Waals surface area contributed by atoms with Crippen LogP contribution in [0.15, 0.2) is 18.7 Å². The molecule has 1 N–H and O–H groups in total. The highest BCUT2D eigenvalue weighted by molar-refractivity contribution is 5.96. The molecule has 27 heavy (non-hydrogen) atoms. The molecule has 0 atom stereocenters. The van der Waals surface area contributed by atoms with Crippen LogP contribution >= 0.6 is 0 Å². The summed E-state index contributed by atoms with van der Waals surface area (Å²) in [4.78, 5) is 26.2. The fourth-order valence-electron chi connectivity index (χ4n) is 3.14. The number of carbonyl (C=O) groups is 2. The molecule has 1 heterocycles. The third-order valence-corrected chi connectivity index (χ3v) is 4.63. The molecule has 1 aliphatic heterocycles. The van der Waals surface area contributed by atoms with Gasteiger partial charge in [0, 0.05) is 30.8 Å². The quantitative estimate of drug-likeness (QED) is 0.859. The highest BCUT2D eigenvalue weighted by Gasteiger charge is 2.26. The number of hydrogen-bond acceptors (Lipinski definition) is 3. The van der Waals surface area contributed by atoms with Crippen LogP contribution < -0.4 is 5.32 Å². The molecule has 0 aliphatic carbocycles. The number of nitrogens with one attached hydrogen (secondary N) is 1. The summed E-state index contributed by atoms with van der Waals surface area (Å²) in [5.41, 5.74) is 1.01. The van der Waals surface area contributed by atoms with Gasteiger partial charge in [-0.05, 0) is 64.2 Å². The van der Waals surface area contributed by atoms with E-state index < -0.39 is 17.5 Å². The Morgan fingerprint density at radius 1 is 1.33 bits per heavy atom. The number of aryl methyl sites for hydroxylation is 1. The number of hydrogen-bond donors (Lipinski definition) is 1. The fourth-order valence-corrected chi connectivity index (χ4v) is 3.14. The van der Waals surface area contributed by atoms with E-state index in [1.165, 1.54) is 12.1 Å². The molecule has 0 aromatic heterocycles. The molecule has 2 amide bonds. The van der Waals surface area contributed by atoms with Crippen LogP contribution in [0.1, 0.15) is 55.1 Å². The molecule has 0 bridgehead atoms. The van der Waals surface area contributed by atoms with Crippen LogP contribution in [-0.2, 0) is 4.74 Å². The number of benzene rings is 1. The number of likely N-dealkylation sites (tertiary alicyclic amines) is 1. The van der Waals surface area contributed by atoms with Crippen molar-refractivity contribution in [2.24, 2.45) is 5.92 Å². The number of alkyl carbamates (subject to hydrolysis) is 1. The smallest absolute Gasteiger partial charge is 0.407 e. The summed E-state index contributed by atoms with van der Waals surface area (Å²) in [5.74, 6) is -0.293. The molecule has 6 heteroatoms. The molecular weight excluding hydrogens is 347 g/mol. The Balaban J connectivity index is 1.88. The number of amides is 2. The zero-order valence-electron chi connectivity index (χ0n) is 16.6. The topological polar surface area (TPSA) is 58.6 Å². The first-order valence-corrected chi connectivity index (χ1v) is 9.29. The first-order chi connectivity index (χ1) is 12.6. The van der Waals surface area contributed by atoms with E-state index in [1.54, 1.807) is 17.9 Å². The first kappa shape index (κ1) is 20.9. The van der Waals surface area contributed by atoms with Crippen molar-refractivity contribution in [3.05, 3.63) is 41.2 Å². The predicted octanol–water partition coefficient (Wildman–Crippen LogP) is 4.15.